The molecule has 0 saturated heterocycles. The zero-order valence-electron chi connectivity index (χ0n) is 11.6. The lowest BCUT2D eigenvalue weighted by atomic mass is 10.3. The highest BCUT2D eigenvalue weighted by atomic mass is 79.9. The van der Waals surface area contributed by atoms with E-state index in [1.807, 2.05) is 47.1 Å². The van der Waals surface area contributed by atoms with Crippen LogP contribution in [0.1, 0.15) is 5.69 Å². The molecule has 0 radical (unpaired) electrons. The highest BCUT2D eigenvalue weighted by molar-refractivity contribution is 9.10. The van der Waals surface area contributed by atoms with E-state index in [9.17, 15) is 4.79 Å². The Hall–Kier alpha value is -2.34. The van der Waals surface area contributed by atoms with Crippen LogP contribution in [0.25, 0.3) is 5.65 Å². The molecule has 0 bridgehead atoms. The fourth-order valence-electron chi connectivity index (χ4n) is 1.93. The lowest BCUT2D eigenvalue weighted by Crippen LogP contribution is -2.14. The number of pyridine rings is 1. The summed E-state index contributed by atoms with van der Waals surface area (Å²) in [6, 6.07) is 13.0. The molecule has 0 aliphatic rings. The Morgan fingerprint density at radius 2 is 2.00 bits per heavy atom. The number of nitrogens with zero attached hydrogens (tertiary/aromatic N) is 2. The van der Waals surface area contributed by atoms with Gasteiger partial charge in [0.2, 0.25) is 0 Å². The number of ether oxygens (including phenoxy) is 2. The Bertz CT molecular complexity index is 750. The molecule has 3 rings (SSSR count). The molecule has 2 aromatic heterocycles. The average molecular weight is 361 g/mol. The van der Waals surface area contributed by atoms with E-state index in [0.717, 1.165) is 10.1 Å². The number of hydrogen-bond acceptors (Lipinski definition) is 4. The zero-order valence-corrected chi connectivity index (χ0v) is 13.2. The van der Waals surface area contributed by atoms with Crippen LogP contribution in [0.5, 0.6) is 5.75 Å². The SMILES string of the molecule is O=C(COc1ccc(Br)cc1)OCc1cn2ccccc2n1. The van der Waals surface area contributed by atoms with Gasteiger partial charge in [-0.2, -0.15) is 0 Å². The third kappa shape index (κ3) is 3.65. The number of benzene rings is 1. The summed E-state index contributed by atoms with van der Waals surface area (Å²) in [5.74, 6) is 0.188. The summed E-state index contributed by atoms with van der Waals surface area (Å²) in [7, 11) is 0. The van der Waals surface area contributed by atoms with Crippen molar-refractivity contribution in [3.63, 3.8) is 0 Å². The van der Waals surface area contributed by atoms with Gasteiger partial charge in [-0.25, -0.2) is 9.78 Å². The Kier molecular flexibility index (Phi) is 4.39. The van der Waals surface area contributed by atoms with Gasteiger partial charge < -0.3 is 13.9 Å². The predicted molar refractivity (Wildman–Crippen MR) is 84.6 cm³/mol. The fraction of sp³-hybridized carbons (Fsp3) is 0.125. The minimum absolute atomic E-state index is 0.129. The van der Waals surface area contributed by atoms with Gasteiger partial charge in [-0.1, -0.05) is 22.0 Å². The fourth-order valence-corrected chi connectivity index (χ4v) is 2.19. The van der Waals surface area contributed by atoms with Gasteiger partial charge in [-0.3, -0.25) is 0 Å². The molecule has 3 aromatic rings. The number of carbonyl (C=O) groups is 1. The standard InChI is InChI=1S/C16H13BrN2O3/c17-12-4-6-14(7-5-12)21-11-16(20)22-10-13-9-19-8-2-1-3-15(19)18-13/h1-9H,10-11H2. The van der Waals surface area contributed by atoms with E-state index in [1.165, 1.54) is 0 Å². The van der Waals surface area contributed by atoms with E-state index in [1.54, 1.807) is 12.1 Å². The maximum absolute atomic E-state index is 11.7. The van der Waals surface area contributed by atoms with Crippen LogP contribution in [-0.4, -0.2) is 22.0 Å². The first kappa shape index (κ1) is 14.6. The Morgan fingerprint density at radius 3 is 2.77 bits per heavy atom. The van der Waals surface area contributed by atoms with Gasteiger partial charge in [0.05, 0.1) is 5.69 Å². The summed E-state index contributed by atoms with van der Waals surface area (Å²) in [5.41, 5.74) is 1.52. The summed E-state index contributed by atoms with van der Waals surface area (Å²) < 4.78 is 13.3. The average Bonchev–Trinajstić information content (AvgIpc) is 2.95. The van der Waals surface area contributed by atoms with Crippen molar-refractivity contribution in [2.75, 3.05) is 6.61 Å². The summed E-state index contributed by atoms with van der Waals surface area (Å²) in [6.07, 6.45) is 3.72. The number of aromatic nitrogens is 2. The van der Waals surface area contributed by atoms with Crippen LogP contribution in [-0.2, 0) is 16.1 Å². The summed E-state index contributed by atoms with van der Waals surface area (Å²) in [5, 5.41) is 0. The maximum atomic E-state index is 11.7. The van der Waals surface area contributed by atoms with Gasteiger partial charge in [0.15, 0.2) is 6.61 Å². The maximum Gasteiger partial charge on any atom is 0.344 e. The first-order valence-corrected chi connectivity index (χ1v) is 7.46. The molecule has 0 atom stereocenters. The third-order valence-electron chi connectivity index (χ3n) is 2.97. The van der Waals surface area contributed by atoms with E-state index in [0.29, 0.717) is 11.4 Å². The van der Waals surface area contributed by atoms with Crippen molar-refractivity contribution in [3.8, 4) is 5.75 Å². The summed E-state index contributed by atoms with van der Waals surface area (Å²) in [4.78, 5) is 16.0. The van der Waals surface area contributed by atoms with Gasteiger partial charge in [0, 0.05) is 16.9 Å². The molecule has 0 fully saturated rings. The first-order chi connectivity index (χ1) is 10.7. The predicted octanol–water partition coefficient (Wildman–Crippen LogP) is 3.22. The molecule has 0 aliphatic heterocycles. The van der Waals surface area contributed by atoms with Crippen LogP contribution in [0.4, 0.5) is 0 Å². The van der Waals surface area contributed by atoms with Crippen LogP contribution in [0.15, 0.2) is 59.3 Å². The second-order valence-electron chi connectivity index (χ2n) is 4.60. The van der Waals surface area contributed by atoms with E-state index in [2.05, 4.69) is 20.9 Å². The number of rotatable bonds is 5. The number of imidazole rings is 1. The largest absolute Gasteiger partial charge is 0.482 e. The van der Waals surface area contributed by atoms with Crippen molar-refractivity contribution in [2.45, 2.75) is 6.61 Å². The molecule has 0 amide bonds. The van der Waals surface area contributed by atoms with Crippen LogP contribution < -0.4 is 4.74 Å². The summed E-state index contributed by atoms with van der Waals surface area (Å²) in [6.45, 7) is -0.000779. The van der Waals surface area contributed by atoms with E-state index in [4.69, 9.17) is 9.47 Å². The van der Waals surface area contributed by atoms with Crippen molar-refractivity contribution >= 4 is 27.5 Å². The van der Waals surface area contributed by atoms with Crippen LogP contribution in [0.3, 0.4) is 0 Å². The Balaban J connectivity index is 1.50. The normalized spacial score (nSPS) is 10.6. The second-order valence-corrected chi connectivity index (χ2v) is 5.52. The molecule has 0 N–H and O–H groups in total. The Morgan fingerprint density at radius 1 is 1.18 bits per heavy atom. The lowest BCUT2D eigenvalue weighted by Gasteiger charge is -2.06. The topological polar surface area (TPSA) is 52.8 Å². The van der Waals surface area contributed by atoms with Crippen LogP contribution in [0.2, 0.25) is 0 Å². The number of fused-ring (bicyclic) bond motifs is 1. The third-order valence-corrected chi connectivity index (χ3v) is 3.49. The number of esters is 1. The highest BCUT2D eigenvalue weighted by Crippen LogP contribution is 2.16. The molecule has 0 saturated carbocycles. The van der Waals surface area contributed by atoms with Crippen molar-refractivity contribution < 1.29 is 14.3 Å². The van der Waals surface area contributed by atoms with E-state index < -0.39 is 5.97 Å². The molecular formula is C16H13BrN2O3. The molecule has 0 spiro atoms. The van der Waals surface area contributed by atoms with E-state index in [-0.39, 0.29) is 13.2 Å². The molecular weight excluding hydrogens is 348 g/mol. The molecule has 112 valence electrons. The van der Waals surface area contributed by atoms with Crippen molar-refractivity contribution in [1.82, 2.24) is 9.38 Å². The molecule has 0 unspecified atom stereocenters. The van der Waals surface area contributed by atoms with Crippen molar-refractivity contribution in [2.24, 2.45) is 0 Å². The zero-order chi connectivity index (χ0) is 15.4. The monoisotopic (exact) mass is 360 g/mol. The second kappa shape index (κ2) is 6.62. The van der Waals surface area contributed by atoms with E-state index >= 15 is 0 Å². The molecule has 2 heterocycles. The van der Waals surface area contributed by atoms with Gasteiger partial charge in [-0.15, -0.1) is 0 Å². The van der Waals surface area contributed by atoms with Gasteiger partial charge in [0.1, 0.15) is 18.0 Å². The van der Waals surface area contributed by atoms with Crippen molar-refractivity contribution in [3.05, 3.63) is 65.0 Å². The summed E-state index contributed by atoms with van der Waals surface area (Å²) >= 11 is 3.33. The smallest absolute Gasteiger partial charge is 0.344 e. The molecule has 22 heavy (non-hydrogen) atoms. The molecule has 5 nitrogen and oxygen atoms in total. The minimum Gasteiger partial charge on any atom is -0.482 e. The minimum atomic E-state index is -0.431. The lowest BCUT2D eigenvalue weighted by molar-refractivity contribution is -0.147. The van der Waals surface area contributed by atoms with Gasteiger partial charge in [0.25, 0.3) is 0 Å². The number of hydrogen-bond donors (Lipinski definition) is 0. The highest BCUT2D eigenvalue weighted by Gasteiger charge is 2.07. The molecule has 0 aliphatic carbocycles. The van der Waals surface area contributed by atoms with Crippen molar-refractivity contribution in [1.29, 1.82) is 0 Å². The molecule has 1 aromatic carbocycles. The quantitative estimate of drug-likeness (QED) is 0.655. The molecule has 6 heteroatoms. The number of carbonyl (C=O) groups excluding carboxylic acids is 1. The number of halogens is 1. The van der Waals surface area contributed by atoms with Crippen LogP contribution in [0, 0.1) is 0 Å². The van der Waals surface area contributed by atoms with Gasteiger partial charge in [-0.05, 0) is 36.4 Å². The van der Waals surface area contributed by atoms with Crippen LogP contribution >= 0.6 is 15.9 Å². The first-order valence-electron chi connectivity index (χ1n) is 6.67. The van der Waals surface area contributed by atoms with Gasteiger partial charge >= 0.3 is 5.97 Å². The Labute approximate surface area is 135 Å².